The monoisotopic (exact) mass is 246 g/mol. The molecule has 1 atom stereocenters. The molecule has 0 aliphatic carbocycles. The summed E-state index contributed by atoms with van der Waals surface area (Å²) in [5, 5.41) is 2.82. The third-order valence-electron chi connectivity index (χ3n) is 2.57. The van der Waals surface area contributed by atoms with Crippen molar-refractivity contribution in [3.8, 4) is 0 Å². The minimum atomic E-state index is -0.335. The zero-order valence-corrected chi connectivity index (χ0v) is 11.3. The number of hydrogen-bond donors (Lipinski definition) is 2. The second kappa shape index (κ2) is 6.81. The Morgan fingerprint density at radius 1 is 1.56 bits per heavy atom. The van der Waals surface area contributed by atoms with E-state index in [0.717, 1.165) is 6.42 Å². The SMILES string of the molecule is COC(C)CCC(=O)NCC(C)(C)C(N)=S. The minimum absolute atomic E-state index is 0.00762. The van der Waals surface area contributed by atoms with E-state index in [1.54, 1.807) is 7.11 Å². The maximum absolute atomic E-state index is 11.5. The lowest BCUT2D eigenvalue weighted by Gasteiger charge is -2.23. The van der Waals surface area contributed by atoms with Gasteiger partial charge in [-0.3, -0.25) is 4.79 Å². The van der Waals surface area contributed by atoms with E-state index < -0.39 is 0 Å². The van der Waals surface area contributed by atoms with E-state index >= 15 is 0 Å². The van der Waals surface area contributed by atoms with Crippen molar-refractivity contribution in [2.75, 3.05) is 13.7 Å². The van der Waals surface area contributed by atoms with Gasteiger partial charge in [-0.05, 0) is 13.3 Å². The normalized spacial score (nSPS) is 13.2. The first-order valence-electron chi connectivity index (χ1n) is 5.39. The maximum atomic E-state index is 11.5. The average molecular weight is 246 g/mol. The highest BCUT2D eigenvalue weighted by Gasteiger charge is 2.21. The van der Waals surface area contributed by atoms with Crippen LogP contribution in [0.4, 0.5) is 0 Å². The van der Waals surface area contributed by atoms with Crippen molar-refractivity contribution in [2.24, 2.45) is 11.1 Å². The lowest BCUT2D eigenvalue weighted by atomic mass is 9.93. The summed E-state index contributed by atoms with van der Waals surface area (Å²) in [4.78, 5) is 11.9. The molecule has 1 amide bonds. The second-order valence-electron chi connectivity index (χ2n) is 4.61. The number of methoxy groups -OCH3 is 1. The van der Waals surface area contributed by atoms with Gasteiger partial charge in [0.1, 0.15) is 0 Å². The number of nitrogens with two attached hydrogens (primary N) is 1. The van der Waals surface area contributed by atoms with E-state index in [9.17, 15) is 4.79 Å². The highest BCUT2D eigenvalue weighted by Crippen LogP contribution is 2.13. The maximum Gasteiger partial charge on any atom is 0.220 e. The van der Waals surface area contributed by atoms with Gasteiger partial charge in [0.2, 0.25) is 5.91 Å². The van der Waals surface area contributed by atoms with E-state index in [-0.39, 0.29) is 17.4 Å². The van der Waals surface area contributed by atoms with Gasteiger partial charge in [0.25, 0.3) is 0 Å². The second-order valence-corrected chi connectivity index (χ2v) is 5.05. The third kappa shape index (κ3) is 6.02. The Balaban J connectivity index is 3.86. The molecule has 0 aromatic carbocycles. The number of nitrogens with one attached hydrogen (secondary N) is 1. The Bertz CT molecular complexity index is 254. The van der Waals surface area contributed by atoms with Crippen molar-refractivity contribution in [1.29, 1.82) is 0 Å². The van der Waals surface area contributed by atoms with Gasteiger partial charge in [0, 0.05) is 25.5 Å². The number of amides is 1. The molecule has 5 heteroatoms. The molecule has 0 aromatic heterocycles. The fraction of sp³-hybridized carbons (Fsp3) is 0.818. The van der Waals surface area contributed by atoms with E-state index in [4.69, 9.17) is 22.7 Å². The summed E-state index contributed by atoms with van der Waals surface area (Å²) in [5.74, 6) is 0.00762. The molecule has 0 bridgehead atoms. The van der Waals surface area contributed by atoms with Crippen molar-refractivity contribution in [1.82, 2.24) is 5.32 Å². The van der Waals surface area contributed by atoms with Crippen LogP contribution in [0.3, 0.4) is 0 Å². The molecule has 0 saturated heterocycles. The van der Waals surface area contributed by atoms with Crippen LogP contribution < -0.4 is 11.1 Å². The summed E-state index contributed by atoms with van der Waals surface area (Å²) < 4.78 is 5.06. The number of hydrogen-bond acceptors (Lipinski definition) is 3. The molecule has 0 saturated carbocycles. The highest BCUT2D eigenvalue weighted by molar-refractivity contribution is 7.80. The Kier molecular flexibility index (Phi) is 6.52. The zero-order chi connectivity index (χ0) is 12.8. The van der Waals surface area contributed by atoms with Gasteiger partial charge < -0.3 is 15.8 Å². The molecule has 4 nitrogen and oxygen atoms in total. The highest BCUT2D eigenvalue weighted by atomic mass is 32.1. The molecular formula is C11H22N2O2S. The fourth-order valence-corrected chi connectivity index (χ4v) is 1.02. The number of thiocarbonyl (C=S) groups is 1. The van der Waals surface area contributed by atoms with Gasteiger partial charge in [-0.25, -0.2) is 0 Å². The van der Waals surface area contributed by atoms with Crippen LogP contribution in [0.25, 0.3) is 0 Å². The van der Waals surface area contributed by atoms with Crippen LogP contribution in [0.1, 0.15) is 33.6 Å². The largest absolute Gasteiger partial charge is 0.393 e. The lowest BCUT2D eigenvalue weighted by molar-refractivity contribution is -0.121. The molecule has 0 fully saturated rings. The number of ether oxygens (including phenoxy) is 1. The molecule has 94 valence electrons. The van der Waals surface area contributed by atoms with Crippen molar-refractivity contribution in [3.05, 3.63) is 0 Å². The van der Waals surface area contributed by atoms with Crippen LogP contribution in [0.2, 0.25) is 0 Å². The fourth-order valence-electron chi connectivity index (χ4n) is 0.947. The number of rotatable bonds is 7. The van der Waals surface area contributed by atoms with Gasteiger partial charge in [-0.2, -0.15) is 0 Å². The topological polar surface area (TPSA) is 64.3 Å². The molecule has 0 spiro atoms. The Morgan fingerprint density at radius 2 is 2.12 bits per heavy atom. The first kappa shape index (κ1) is 15.3. The number of carbonyl (C=O) groups excluding carboxylic acids is 1. The summed E-state index contributed by atoms with van der Waals surface area (Å²) >= 11 is 4.92. The van der Waals surface area contributed by atoms with Gasteiger partial charge in [0.05, 0.1) is 11.1 Å². The molecular weight excluding hydrogens is 224 g/mol. The van der Waals surface area contributed by atoms with Crippen molar-refractivity contribution >= 4 is 23.1 Å². The van der Waals surface area contributed by atoms with E-state index in [1.807, 2.05) is 20.8 Å². The molecule has 0 aliphatic rings. The van der Waals surface area contributed by atoms with Crippen LogP contribution in [0.15, 0.2) is 0 Å². The Hall–Kier alpha value is -0.680. The van der Waals surface area contributed by atoms with Gasteiger partial charge >= 0.3 is 0 Å². The predicted molar refractivity (Wildman–Crippen MR) is 69.3 cm³/mol. The third-order valence-corrected chi connectivity index (χ3v) is 3.13. The average Bonchev–Trinajstić information content (AvgIpc) is 2.22. The molecule has 0 heterocycles. The summed E-state index contributed by atoms with van der Waals surface area (Å²) in [7, 11) is 1.64. The molecule has 0 rings (SSSR count). The van der Waals surface area contributed by atoms with E-state index in [2.05, 4.69) is 5.32 Å². The molecule has 0 aromatic rings. The first-order valence-corrected chi connectivity index (χ1v) is 5.80. The minimum Gasteiger partial charge on any atom is -0.393 e. The molecule has 0 aliphatic heterocycles. The standard InChI is InChI=1S/C11H22N2O2S/c1-8(15-4)5-6-9(14)13-7-11(2,3)10(12)16/h8H,5-7H2,1-4H3,(H2,12,16)(H,13,14). The van der Waals surface area contributed by atoms with Gasteiger partial charge in [-0.15, -0.1) is 0 Å². The van der Waals surface area contributed by atoms with Crippen LogP contribution in [0, 0.1) is 5.41 Å². The van der Waals surface area contributed by atoms with E-state index in [1.165, 1.54) is 0 Å². The quantitative estimate of drug-likeness (QED) is 0.663. The van der Waals surface area contributed by atoms with Crippen molar-refractivity contribution in [3.63, 3.8) is 0 Å². The number of carbonyl (C=O) groups is 1. The van der Waals surface area contributed by atoms with Crippen LogP contribution in [-0.4, -0.2) is 30.7 Å². The van der Waals surface area contributed by atoms with Crippen LogP contribution >= 0.6 is 12.2 Å². The smallest absolute Gasteiger partial charge is 0.220 e. The van der Waals surface area contributed by atoms with Gasteiger partial charge in [-0.1, -0.05) is 26.1 Å². The Labute approximate surface area is 103 Å². The van der Waals surface area contributed by atoms with E-state index in [0.29, 0.717) is 18.0 Å². The predicted octanol–water partition coefficient (Wildman–Crippen LogP) is 1.23. The molecule has 3 N–H and O–H groups in total. The summed E-state index contributed by atoms with van der Waals surface area (Å²) in [6.07, 6.45) is 1.28. The van der Waals surface area contributed by atoms with Gasteiger partial charge in [0.15, 0.2) is 0 Å². The molecule has 0 radical (unpaired) electrons. The van der Waals surface area contributed by atoms with Crippen molar-refractivity contribution in [2.45, 2.75) is 39.7 Å². The Morgan fingerprint density at radius 3 is 2.56 bits per heavy atom. The summed E-state index contributed by atoms with van der Waals surface area (Å²) in [6.45, 7) is 6.23. The lowest BCUT2D eigenvalue weighted by Crippen LogP contribution is -2.41. The van der Waals surface area contributed by atoms with Crippen LogP contribution in [0.5, 0.6) is 0 Å². The summed E-state index contributed by atoms with van der Waals surface area (Å²) in [6, 6.07) is 0. The molecule has 1 unspecified atom stereocenters. The van der Waals surface area contributed by atoms with Crippen molar-refractivity contribution < 1.29 is 9.53 Å². The molecule has 16 heavy (non-hydrogen) atoms. The first-order chi connectivity index (χ1) is 7.29. The summed E-state index contributed by atoms with van der Waals surface area (Å²) in [5.41, 5.74) is 5.22. The van der Waals surface area contributed by atoms with Crippen LogP contribution in [-0.2, 0) is 9.53 Å². The zero-order valence-electron chi connectivity index (χ0n) is 10.5.